The monoisotopic (exact) mass is 618 g/mol. The second-order valence-electron chi connectivity index (χ2n) is 10.0. The largest absolute Gasteiger partial charge is 0.390 e. The summed E-state index contributed by atoms with van der Waals surface area (Å²) in [5.74, 6) is 0.0938. The minimum atomic E-state index is -1.25. The molecule has 0 aliphatic heterocycles. The smallest absolute Gasteiger partial charge is 0.232 e. The number of pyridine rings is 1. The molecule has 41 heavy (non-hydrogen) atoms. The van der Waals surface area contributed by atoms with Gasteiger partial charge in [-0.05, 0) is 32.3 Å². The number of methoxy groups -OCH3 is 1. The molecule has 15 heteroatoms. The standard InChI is InChI=1S/C26H30N8O4S2.ClH/c1-12-17(24-32-19-16(40-24)5-6-27-18(19)13-3-4-13)22(33-25(30-12)28-7-9-38-2)31-15-11-14(20(35)21(15)36)23(37)34-26-29-8-10-39-26;/h5-6,8,10,13-15,20-21,35-36H,3-4,7,9,11H2,1-2H3,(H,29,34,37)(H2,28,30,31,33);1H/t14-,15+,20+,21-;/m0./s1. The first kappa shape index (κ1) is 29.5. The van der Waals surface area contributed by atoms with Crippen molar-refractivity contribution in [2.24, 2.45) is 5.92 Å². The highest BCUT2D eigenvalue weighted by molar-refractivity contribution is 7.21. The molecule has 2 fully saturated rings. The van der Waals surface area contributed by atoms with E-state index >= 15 is 0 Å². The highest BCUT2D eigenvalue weighted by Gasteiger charge is 2.45. The molecule has 2 saturated carbocycles. The molecule has 0 aromatic carbocycles. The first-order valence-electron chi connectivity index (χ1n) is 13.1. The Hall–Kier alpha value is -3.01. The molecule has 0 saturated heterocycles. The number of thiazole rings is 2. The second-order valence-corrected chi connectivity index (χ2v) is 11.9. The normalized spacial score (nSPS) is 22.0. The Labute approximate surface area is 250 Å². The van der Waals surface area contributed by atoms with Crippen LogP contribution < -0.4 is 16.0 Å². The minimum Gasteiger partial charge on any atom is -0.390 e. The van der Waals surface area contributed by atoms with Crippen LogP contribution in [0.1, 0.15) is 36.6 Å². The van der Waals surface area contributed by atoms with E-state index in [2.05, 4.69) is 30.9 Å². The number of anilines is 3. The van der Waals surface area contributed by atoms with Crippen molar-refractivity contribution in [3.8, 4) is 10.6 Å². The Balaban J connectivity index is 0.00000337. The fourth-order valence-electron chi connectivity index (χ4n) is 5.01. The summed E-state index contributed by atoms with van der Waals surface area (Å²) < 4.78 is 6.18. The van der Waals surface area contributed by atoms with Gasteiger partial charge in [0.25, 0.3) is 0 Å². The number of aliphatic hydroxyl groups excluding tert-OH is 2. The lowest BCUT2D eigenvalue weighted by molar-refractivity contribution is -0.123. The van der Waals surface area contributed by atoms with Gasteiger partial charge >= 0.3 is 0 Å². The molecule has 4 heterocycles. The van der Waals surface area contributed by atoms with Crippen LogP contribution in [-0.2, 0) is 9.53 Å². The number of hydrogen-bond donors (Lipinski definition) is 5. The molecular weight excluding hydrogens is 588 g/mol. The molecule has 4 aromatic rings. The molecule has 5 N–H and O–H groups in total. The third kappa shape index (κ3) is 6.12. The van der Waals surface area contributed by atoms with Crippen molar-refractivity contribution < 1.29 is 19.7 Å². The maximum absolute atomic E-state index is 12.9. The number of aromatic nitrogens is 5. The molecular formula is C26H31ClN8O4S2. The lowest BCUT2D eigenvalue weighted by Crippen LogP contribution is -2.37. The Morgan fingerprint density at radius 1 is 1.15 bits per heavy atom. The van der Waals surface area contributed by atoms with E-state index < -0.39 is 30.1 Å². The first-order chi connectivity index (χ1) is 19.4. The van der Waals surface area contributed by atoms with Gasteiger partial charge in [0.05, 0.1) is 46.3 Å². The molecule has 0 radical (unpaired) electrons. The van der Waals surface area contributed by atoms with Crippen molar-refractivity contribution in [1.82, 2.24) is 24.9 Å². The van der Waals surface area contributed by atoms with E-state index in [0.717, 1.165) is 33.8 Å². The molecule has 0 spiro atoms. The zero-order valence-electron chi connectivity index (χ0n) is 22.4. The molecule has 1 amide bonds. The van der Waals surface area contributed by atoms with Crippen LogP contribution in [-0.4, -0.2) is 79.6 Å². The molecule has 2 aliphatic carbocycles. The van der Waals surface area contributed by atoms with Crippen LogP contribution in [0.25, 0.3) is 20.8 Å². The minimum absolute atomic E-state index is 0. The van der Waals surface area contributed by atoms with Gasteiger partial charge in [0, 0.05) is 37.3 Å². The van der Waals surface area contributed by atoms with Gasteiger partial charge in [0.1, 0.15) is 22.4 Å². The van der Waals surface area contributed by atoms with E-state index in [-0.39, 0.29) is 18.8 Å². The number of ether oxygens (including phenoxy) is 1. The quantitative estimate of drug-likeness (QED) is 0.165. The van der Waals surface area contributed by atoms with E-state index in [1.54, 1.807) is 18.7 Å². The molecule has 4 aromatic heterocycles. The summed E-state index contributed by atoms with van der Waals surface area (Å²) in [4.78, 5) is 36.0. The van der Waals surface area contributed by atoms with E-state index in [4.69, 9.17) is 14.7 Å². The number of amides is 1. The average molecular weight is 619 g/mol. The van der Waals surface area contributed by atoms with Crippen LogP contribution in [0, 0.1) is 12.8 Å². The van der Waals surface area contributed by atoms with Crippen molar-refractivity contribution in [2.75, 3.05) is 36.2 Å². The summed E-state index contributed by atoms with van der Waals surface area (Å²) in [5, 5.41) is 33.9. The molecule has 4 atom stereocenters. The number of fused-ring (bicyclic) bond motifs is 1. The third-order valence-corrected chi connectivity index (χ3v) is 8.92. The predicted octanol–water partition coefficient (Wildman–Crippen LogP) is 3.43. The van der Waals surface area contributed by atoms with E-state index in [9.17, 15) is 15.0 Å². The summed E-state index contributed by atoms with van der Waals surface area (Å²) in [6, 6.07) is 1.33. The zero-order chi connectivity index (χ0) is 27.8. The van der Waals surface area contributed by atoms with Crippen molar-refractivity contribution in [3.05, 3.63) is 35.2 Å². The maximum Gasteiger partial charge on any atom is 0.232 e. The van der Waals surface area contributed by atoms with Crippen LogP contribution in [0.3, 0.4) is 0 Å². The van der Waals surface area contributed by atoms with Crippen molar-refractivity contribution >= 4 is 68.1 Å². The SMILES string of the molecule is COCCNc1nc(C)c(-c2nc3c(C4CC4)nccc3s2)c(N[C@@H]2C[C@H](C(=O)Nc3nccs3)[C@@H](O)[C@H]2O)n1.Cl. The van der Waals surface area contributed by atoms with Crippen LogP contribution in [0.15, 0.2) is 23.8 Å². The number of rotatable bonds is 10. The van der Waals surface area contributed by atoms with Crippen LogP contribution in [0.4, 0.5) is 16.9 Å². The van der Waals surface area contributed by atoms with Gasteiger partial charge in [-0.2, -0.15) is 4.98 Å². The number of halogens is 1. The van der Waals surface area contributed by atoms with Crippen LogP contribution >= 0.6 is 35.1 Å². The first-order valence-corrected chi connectivity index (χ1v) is 14.8. The predicted molar refractivity (Wildman–Crippen MR) is 161 cm³/mol. The van der Waals surface area contributed by atoms with Gasteiger partial charge in [-0.25, -0.2) is 15.0 Å². The summed E-state index contributed by atoms with van der Waals surface area (Å²) in [7, 11) is 1.62. The highest BCUT2D eigenvalue weighted by Crippen LogP contribution is 2.44. The highest BCUT2D eigenvalue weighted by atomic mass is 35.5. The van der Waals surface area contributed by atoms with Crippen LogP contribution in [0.2, 0.25) is 0 Å². The van der Waals surface area contributed by atoms with Gasteiger partial charge in [-0.15, -0.1) is 35.1 Å². The molecule has 218 valence electrons. The van der Waals surface area contributed by atoms with Gasteiger partial charge in [-0.1, -0.05) is 0 Å². The van der Waals surface area contributed by atoms with Crippen LogP contribution in [0.5, 0.6) is 0 Å². The van der Waals surface area contributed by atoms with Gasteiger partial charge in [0.15, 0.2) is 5.13 Å². The third-order valence-electron chi connectivity index (χ3n) is 7.20. The fraction of sp³-hybridized carbons (Fsp3) is 0.462. The Kier molecular flexibility index (Phi) is 8.97. The lowest BCUT2D eigenvalue weighted by Gasteiger charge is -2.21. The molecule has 6 rings (SSSR count). The number of carbonyl (C=O) groups is 1. The molecule has 0 bridgehead atoms. The molecule has 2 aliphatic rings. The Bertz CT molecular complexity index is 1520. The second kappa shape index (κ2) is 12.5. The lowest BCUT2D eigenvalue weighted by atomic mass is 10.1. The number of carbonyl (C=O) groups excluding carboxylic acids is 1. The van der Waals surface area contributed by atoms with E-state index in [1.165, 1.54) is 22.7 Å². The van der Waals surface area contributed by atoms with Crippen molar-refractivity contribution in [3.63, 3.8) is 0 Å². The number of nitrogens with zero attached hydrogens (tertiary/aromatic N) is 5. The summed E-state index contributed by atoms with van der Waals surface area (Å²) in [6.45, 7) is 2.88. The van der Waals surface area contributed by atoms with Crippen molar-refractivity contribution in [1.29, 1.82) is 0 Å². The van der Waals surface area contributed by atoms with Gasteiger partial charge in [0.2, 0.25) is 11.9 Å². The van der Waals surface area contributed by atoms with Gasteiger partial charge in [-0.3, -0.25) is 9.78 Å². The number of aliphatic hydroxyl groups is 2. The zero-order valence-corrected chi connectivity index (χ0v) is 24.9. The Morgan fingerprint density at radius 3 is 2.71 bits per heavy atom. The van der Waals surface area contributed by atoms with Gasteiger partial charge < -0.3 is 30.9 Å². The maximum atomic E-state index is 12.9. The Morgan fingerprint density at radius 2 is 1.98 bits per heavy atom. The van der Waals surface area contributed by atoms with E-state index in [0.29, 0.717) is 47.2 Å². The number of nitrogens with one attached hydrogen (secondary N) is 3. The summed E-state index contributed by atoms with van der Waals surface area (Å²) in [5.41, 5.74) is 3.32. The van der Waals surface area contributed by atoms with E-state index in [1.807, 2.05) is 19.2 Å². The summed E-state index contributed by atoms with van der Waals surface area (Å²) in [6.07, 6.45) is 3.41. The molecule has 12 nitrogen and oxygen atoms in total. The topological polar surface area (TPSA) is 167 Å². The molecule has 0 unspecified atom stereocenters. The summed E-state index contributed by atoms with van der Waals surface area (Å²) >= 11 is 2.83. The van der Waals surface area contributed by atoms with Crippen molar-refractivity contribution in [2.45, 2.75) is 50.4 Å². The number of aryl methyl sites for hydroxylation is 1. The fourth-order valence-corrected chi connectivity index (χ4v) is 6.61. The number of hydrogen-bond acceptors (Lipinski definition) is 13. The average Bonchev–Trinajstić information content (AvgIpc) is 3.35.